The van der Waals surface area contributed by atoms with Gasteiger partial charge in [0, 0.05) is 15.9 Å². The van der Waals surface area contributed by atoms with Crippen LogP contribution in [0.5, 0.6) is 0 Å². The van der Waals surface area contributed by atoms with Crippen molar-refractivity contribution in [3.8, 4) is 0 Å². The Morgan fingerprint density at radius 3 is 2.46 bits per heavy atom. The Hall–Kier alpha value is -2.14. The van der Waals surface area contributed by atoms with Crippen LogP contribution in [0.2, 0.25) is 0 Å². The number of esters is 1. The SMILES string of the molecule is Cc1cc(C)c(NC(=O)[C@H](C)OC(=O)c2csc3c2CCCC3)c(C)c1. The Morgan fingerprint density at radius 2 is 1.77 bits per heavy atom. The molecule has 4 nitrogen and oxygen atoms in total. The van der Waals surface area contributed by atoms with E-state index in [2.05, 4.69) is 5.32 Å². The van der Waals surface area contributed by atoms with Gasteiger partial charge in [-0.3, -0.25) is 4.79 Å². The molecular weight excluding hydrogens is 346 g/mol. The van der Waals surface area contributed by atoms with Crippen molar-refractivity contribution < 1.29 is 14.3 Å². The highest BCUT2D eigenvalue weighted by Crippen LogP contribution is 2.31. The molecule has 2 aromatic rings. The van der Waals surface area contributed by atoms with Gasteiger partial charge in [-0.25, -0.2) is 4.79 Å². The molecule has 0 unspecified atom stereocenters. The Bertz CT molecular complexity index is 830. The first-order chi connectivity index (χ1) is 12.4. The van der Waals surface area contributed by atoms with E-state index in [-0.39, 0.29) is 5.91 Å². The minimum atomic E-state index is -0.846. The fraction of sp³-hybridized carbons (Fsp3) is 0.429. The number of rotatable bonds is 4. The predicted molar refractivity (Wildman–Crippen MR) is 105 cm³/mol. The number of carbonyl (C=O) groups is 2. The highest BCUT2D eigenvalue weighted by atomic mass is 32.1. The third kappa shape index (κ3) is 3.83. The highest BCUT2D eigenvalue weighted by Gasteiger charge is 2.25. The van der Waals surface area contributed by atoms with Crippen molar-refractivity contribution in [1.82, 2.24) is 0 Å². The fourth-order valence-electron chi connectivity index (χ4n) is 3.54. The lowest BCUT2D eigenvalue weighted by molar-refractivity contribution is -0.123. The third-order valence-electron chi connectivity index (χ3n) is 4.86. The Kier molecular flexibility index (Phi) is 5.47. The maximum absolute atomic E-state index is 12.5. The summed E-state index contributed by atoms with van der Waals surface area (Å²) in [7, 11) is 0. The zero-order chi connectivity index (χ0) is 18.8. The van der Waals surface area contributed by atoms with Gasteiger partial charge in [-0.1, -0.05) is 17.7 Å². The standard InChI is InChI=1S/C21H25NO3S/c1-12-9-13(2)19(14(3)10-12)22-20(23)15(4)25-21(24)17-11-26-18-8-6-5-7-16(17)18/h9-11,15H,5-8H2,1-4H3,(H,22,23)/t15-/m0/s1. The maximum Gasteiger partial charge on any atom is 0.340 e. The first-order valence-electron chi connectivity index (χ1n) is 9.05. The number of hydrogen-bond acceptors (Lipinski definition) is 4. The number of ether oxygens (including phenoxy) is 1. The molecule has 5 heteroatoms. The highest BCUT2D eigenvalue weighted by molar-refractivity contribution is 7.10. The molecule has 0 bridgehead atoms. The fourth-order valence-corrected chi connectivity index (χ4v) is 4.66. The van der Waals surface area contributed by atoms with Crippen LogP contribution in [0.25, 0.3) is 0 Å². The topological polar surface area (TPSA) is 55.4 Å². The molecule has 0 radical (unpaired) electrons. The van der Waals surface area contributed by atoms with Gasteiger partial charge in [0.1, 0.15) is 0 Å². The van der Waals surface area contributed by atoms with Gasteiger partial charge >= 0.3 is 5.97 Å². The van der Waals surface area contributed by atoms with Gasteiger partial charge in [-0.15, -0.1) is 11.3 Å². The van der Waals surface area contributed by atoms with E-state index in [4.69, 9.17) is 4.74 Å². The van der Waals surface area contributed by atoms with Crippen molar-refractivity contribution in [2.75, 3.05) is 5.32 Å². The lowest BCUT2D eigenvalue weighted by atomic mass is 9.96. The number of benzene rings is 1. The van der Waals surface area contributed by atoms with Crippen molar-refractivity contribution in [2.45, 2.75) is 59.5 Å². The van der Waals surface area contributed by atoms with E-state index in [1.54, 1.807) is 18.3 Å². The molecule has 1 N–H and O–H groups in total. The van der Waals surface area contributed by atoms with E-state index >= 15 is 0 Å². The first-order valence-corrected chi connectivity index (χ1v) is 9.93. The van der Waals surface area contributed by atoms with Crippen LogP contribution in [0.4, 0.5) is 5.69 Å². The lowest BCUT2D eigenvalue weighted by Gasteiger charge is -2.17. The van der Waals surface area contributed by atoms with Crippen LogP contribution in [0.3, 0.4) is 0 Å². The molecule has 0 saturated heterocycles. The molecule has 1 amide bonds. The van der Waals surface area contributed by atoms with E-state index in [1.807, 2.05) is 38.3 Å². The smallest absolute Gasteiger partial charge is 0.340 e. The molecule has 1 aromatic heterocycles. The molecular formula is C21H25NO3S. The normalized spacial score (nSPS) is 14.5. The summed E-state index contributed by atoms with van der Waals surface area (Å²) in [5, 5.41) is 4.78. The number of carbonyl (C=O) groups excluding carboxylic acids is 2. The summed E-state index contributed by atoms with van der Waals surface area (Å²) in [5.41, 5.74) is 5.69. The van der Waals surface area contributed by atoms with Gasteiger partial charge in [-0.2, -0.15) is 0 Å². The summed E-state index contributed by atoms with van der Waals surface area (Å²) in [6.07, 6.45) is 3.39. The molecule has 3 rings (SSSR count). The van der Waals surface area contributed by atoms with Crippen molar-refractivity contribution in [3.05, 3.63) is 50.2 Å². The number of amides is 1. The molecule has 1 aliphatic rings. The van der Waals surface area contributed by atoms with Gasteiger partial charge in [0.2, 0.25) is 0 Å². The summed E-state index contributed by atoms with van der Waals surface area (Å²) in [4.78, 5) is 26.3. The molecule has 26 heavy (non-hydrogen) atoms. The van der Waals surface area contributed by atoms with Crippen LogP contribution in [0, 0.1) is 20.8 Å². The van der Waals surface area contributed by atoms with Crippen molar-refractivity contribution in [3.63, 3.8) is 0 Å². The molecule has 0 saturated carbocycles. The largest absolute Gasteiger partial charge is 0.449 e. The van der Waals surface area contributed by atoms with Gasteiger partial charge < -0.3 is 10.1 Å². The summed E-state index contributed by atoms with van der Waals surface area (Å²) < 4.78 is 5.45. The molecule has 0 fully saturated rings. The number of anilines is 1. The van der Waals surface area contributed by atoms with Crippen LogP contribution >= 0.6 is 11.3 Å². The van der Waals surface area contributed by atoms with E-state index < -0.39 is 12.1 Å². The van der Waals surface area contributed by atoms with E-state index in [0.29, 0.717) is 5.56 Å². The molecule has 1 aliphatic carbocycles. The number of thiophene rings is 1. The summed E-state index contributed by atoms with van der Waals surface area (Å²) in [6, 6.07) is 4.05. The average Bonchev–Trinajstić information content (AvgIpc) is 3.02. The second-order valence-electron chi connectivity index (χ2n) is 7.07. The van der Waals surface area contributed by atoms with Gasteiger partial charge in [-0.05, 0) is 70.1 Å². The van der Waals surface area contributed by atoms with Gasteiger partial charge in [0.15, 0.2) is 6.10 Å². The molecule has 138 valence electrons. The van der Waals surface area contributed by atoms with Crippen LogP contribution in [-0.2, 0) is 22.4 Å². The van der Waals surface area contributed by atoms with Crippen molar-refractivity contribution >= 4 is 28.9 Å². The molecule has 1 heterocycles. The Balaban J connectivity index is 1.68. The number of hydrogen-bond donors (Lipinski definition) is 1. The van der Waals surface area contributed by atoms with E-state index in [9.17, 15) is 9.59 Å². The minimum Gasteiger partial charge on any atom is -0.449 e. The molecule has 1 aromatic carbocycles. The van der Waals surface area contributed by atoms with Crippen molar-refractivity contribution in [2.24, 2.45) is 0 Å². The van der Waals surface area contributed by atoms with Crippen molar-refractivity contribution in [1.29, 1.82) is 0 Å². The van der Waals surface area contributed by atoms with E-state index in [1.165, 1.54) is 11.3 Å². The zero-order valence-corrected chi connectivity index (χ0v) is 16.6. The van der Waals surface area contributed by atoms with Crippen LogP contribution in [-0.4, -0.2) is 18.0 Å². The summed E-state index contributed by atoms with van der Waals surface area (Å²) >= 11 is 1.62. The van der Waals surface area contributed by atoms with Gasteiger partial charge in [0.25, 0.3) is 5.91 Å². The monoisotopic (exact) mass is 371 g/mol. The van der Waals surface area contributed by atoms with Crippen LogP contribution in [0.15, 0.2) is 17.5 Å². The molecule has 0 aliphatic heterocycles. The average molecular weight is 372 g/mol. The van der Waals surface area contributed by atoms with Gasteiger partial charge in [0.05, 0.1) is 5.56 Å². The second-order valence-corrected chi connectivity index (χ2v) is 8.03. The number of aryl methyl sites for hydroxylation is 4. The second kappa shape index (κ2) is 7.62. The predicted octanol–water partition coefficient (Wildman–Crippen LogP) is 4.74. The summed E-state index contributed by atoms with van der Waals surface area (Å²) in [5.74, 6) is -0.707. The zero-order valence-electron chi connectivity index (χ0n) is 15.8. The maximum atomic E-state index is 12.5. The molecule has 1 atom stereocenters. The number of fused-ring (bicyclic) bond motifs is 1. The van der Waals surface area contributed by atoms with Crippen LogP contribution in [0.1, 0.15) is 57.3 Å². The Labute approximate surface area is 158 Å². The number of nitrogens with one attached hydrogen (secondary N) is 1. The lowest BCUT2D eigenvalue weighted by Crippen LogP contribution is -2.30. The quantitative estimate of drug-likeness (QED) is 0.790. The van der Waals surface area contributed by atoms with Crippen LogP contribution < -0.4 is 5.32 Å². The third-order valence-corrected chi connectivity index (χ3v) is 5.95. The Morgan fingerprint density at radius 1 is 1.12 bits per heavy atom. The minimum absolute atomic E-state index is 0.308. The first kappa shape index (κ1) is 18.6. The van der Waals surface area contributed by atoms with E-state index in [0.717, 1.165) is 47.2 Å². The molecule has 0 spiro atoms. The summed E-state index contributed by atoms with van der Waals surface area (Å²) in [6.45, 7) is 7.57.